The van der Waals surface area contributed by atoms with E-state index in [-0.39, 0.29) is 11.8 Å². The van der Waals surface area contributed by atoms with Crippen LogP contribution >= 0.6 is 11.8 Å². The molecular weight excluding hydrogens is 274 g/mol. The highest BCUT2D eigenvalue weighted by Crippen LogP contribution is 2.33. The molecule has 0 saturated carbocycles. The number of hydrogen-bond donors (Lipinski definition) is 3. The molecule has 1 fully saturated rings. The lowest BCUT2D eigenvalue weighted by atomic mass is 10.1. The second-order valence-corrected chi connectivity index (χ2v) is 6.11. The van der Waals surface area contributed by atoms with E-state index in [1.54, 1.807) is 0 Å². The summed E-state index contributed by atoms with van der Waals surface area (Å²) < 4.78 is 0. The number of carbonyl (C=O) groups is 2. The highest BCUT2D eigenvalue weighted by Gasteiger charge is 2.19. The van der Waals surface area contributed by atoms with Crippen LogP contribution in [0.1, 0.15) is 19.3 Å². The molecule has 1 unspecified atom stereocenters. The molecule has 2 aliphatic rings. The molecule has 5 nitrogen and oxygen atoms in total. The maximum atomic E-state index is 12.0. The number of anilines is 2. The first-order valence-electron chi connectivity index (χ1n) is 6.80. The van der Waals surface area contributed by atoms with Crippen molar-refractivity contribution < 1.29 is 9.59 Å². The van der Waals surface area contributed by atoms with Crippen LogP contribution in [0.4, 0.5) is 11.4 Å². The van der Waals surface area contributed by atoms with E-state index < -0.39 is 0 Å². The van der Waals surface area contributed by atoms with Crippen molar-refractivity contribution in [3.63, 3.8) is 0 Å². The van der Waals surface area contributed by atoms with E-state index in [0.717, 1.165) is 35.7 Å². The number of thioether (sulfide) groups is 1. The fourth-order valence-electron chi connectivity index (χ4n) is 2.53. The Morgan fingerprint density at radius 2 is 2.35 bits per heavy atom. The summed E-state index contributed by atoms with van der Waals surface area (Å²) >= 11 is 1.52. The van der Waals surface area contributed by atoms with Crippen molar-refractivity contribution >= 4 is 35.0 Å². The summed E-state index contributed by atoms with van der Waals surface area (Å²) in [5, 5.41) is 9.03. The Bertz CT molecular complexity index is 541. The predicted octanol–water partition coefficient (Wildman–Crippen LogP) is 1.81. The minimum absolute atomic E-state index is 0.00105. The monoisotopic (exact) mass is 291 g/mol. The second-order valence-electron chi connectivity index (χ2n) is 5.09. The Morgan fingerprint density at radius 1 is 1.45 bits per heavy atom. The zero-order valence-corrected chi connectivity index (χ0v) is 11.9. The molecule has 3 rings (SSSR count). The van der Waals surface area contributed by atoms with Crippen LogP contribution in [0.2, 0.25) is 0 Å². The SMILES string of the molecule is O=C(CC1CCCN1)Nc1ccc2c(c1)NC(=O)CS2. The van der Waals surface area contributed by atoms with Gasteiger partial charge in [-0.05, 0) is 37.6 Å². The summed E-state index contributed by atoms with van der Waals surface area (Å²) in [6.07, 6.45) is 2.70. The van der Waals surface area contributed by atoms with E-state index in [0.29, 0.717) is 18.2 Å². The van der Waals surface area contributed by atoms with Gasteiger partial charge in [0, 0.05) is 23.0 Å². The molecule has 2 heterocycles. The molecule has 1 aromatic carbocycles. The van der Waals surface area contributed by atoms with Crippen LogP contribution in [-0.2, 0) is 9.59 Å². The number of fused-ring (bicyclic) bond motifs is 1. The Balaban J connectivity index is 1.63. The summed E-state index contributed by atoms with van der Waals surface area (Å²) in [6, 6.07) is 5.92. The van der Waals surface area contributed by atoms with Crippen molar-refractivity contribution in [3.8, 4) is 0 Å². The van der Waals surface area contributed by atoms with Gasteiger partial charge in [0.25, 0.3) is 0 Å². The first kappa shape index (κ1) is 13.5. The van der Waals surface area contributed by atoms with Crippen LogP contribution in [0.25, 0.3) is 0 Å². The maximum Gasteiger partial charge on any atom is 0.234 e. The molecule has 106 valence electrons. The van der Waals surface area contributed by atoms with Gasteiger partial charge in [0.05, 0.1) is 11.4 Å². The third kappa shape index (κ3) is 3.13. The summed E-state index contributed by atoms with van der Waals surface area (Å²) in [5.41, 5.74) is 1.51. The molecule has 1 saturated heterocycles. The van der Waals surface area contributed by atoms with Crippen LogP contribution in [0, 0.1) is 0 Å². The predicted molar refractivity (Wildman–Crippen MR) is 80.1 cm³/mol. The van der Waals surface area contributed by atoms with Crippen LogP contribution in [0.15, 0.2) is 23.1 Å². The molecule has 0 bridgehead atoms. The lowest BCUT2D eigenvalue weighted by Gasteiger charge is -2.17. The molecule has 2 aliphatic heterocycles. The van der Waals surface area contributed by atoms with Crippen LogP contribution in [0.5, 0.6) is 0 Å². The van der Waals surface area contributed by atoms with Crippen LogP contribution in [0.3, 0.4) is 0 Å². The average Bonchev–Trinajstić information content (AvgIpc) is 2.91. The molecule has 3 N–H and O–H groups in total. The number of nitrogens with one attached hydrogen (secondary N) is 3. The quantitative estimate of drug-likeness (QED) is 0.794. The Hall–Kier alpha value is -1.53. The molecule has 0 aromatic heterocycles. The zero-order chi connectivity index (χ0) is 13.9. The summed E-state index contributed by atoms with van der Waals surface area (Å²) in [7, 11) is 0. The van der Waals surface area contributed by atoms with E-state index in [2.05, 4.69) is 16.0 Å². The molecule has 1 aromatic rings. The van der Waals surface area contributed by atoms with E-state index in [1.807, 2.05) is 18.2 Å². The molecule has 2 amide bonds. The zero-order valence-electron chi connectivity index (χ0n) is 11.1. The number of amides is 2. The van der Waals surface area contributed by atoms with E-state index in [4.69, 9.17) is 0 Å². The second kappa shape index (κ2) is 5.85. The summed E-state index contributed by atoms with van der Waals surface area (Å²) in [4.78, 5) is 24.4. The third-order valence-corrected chi connectivity index (χ3v) is 4.56. The Labute approximate surface area is 121 Å². The van der Waals surface area contributed by atoms with Gasteiger partial charge in [0.1, 0.15) is 0 Å². The van der Waals surface area contributed by atoms with Crippen molar-refractivity contribution in [2.75, 3.05) is 22.9 Å². The molecule has 20 heavy (non-hydrogen) atoms. The van der Waals surface area contributed by atoms with Gasteiger partial charge < -0.3 is 16.0 Å². The highest BCUT2D eigenvalue weighted by molar-refractivity contribution is 8.00. The van der Waals surface area contributed by atoms with Crippen LogP contribution in [-0.4, -0.2) is 30.2 Å². The van der Waals surface area contributed by atoms with Gasteiger partial charge in [-0.25, -0.2) is 0 Å². The Kier molecular flexibility index (Phi) is 3.93. The van der Waals surface area contributed by atoms with E-state index >= 15 is 0 Å². The number of carbonyl (C=O) groups excluding carboxylic acids is 2. The van der Waals surface area contributed by atoms with Gasteiger partial charge in [-0.1, -0.05) is 0 Å². The van der Waals surface area contributed by atoms with Gasteiger partial charge in [-0.3, -0.25) is 9.59 Å². The largest absolute Gasteiger partial charge is 0.326 e. The Morgan fingerprint density at radius 3 is 3.15 bits per heavy atom. The fourth-order valence-corrected chi connectivity index (χ4v) is 3.32. The van der Waals surface area contributed by atoms with Crippen molar-refractivity contribution in [2.24, 2.45) is 0 Å². The molecule has 6 heteroatoms. The molecule has 0 radical (unpaired) electrons. The van der Waals surface area contributed by atoms with Gasteiger partial charge >= 0.3 is 0 Å². The topological polar surface area (TPSA) is 70.2 Å². The van der Waals surface area contributed by atoms with Crippen LogP contribution < -0.4 is 16.0 Å². The molecule has 1 atom stereocenters. The summed E-state index contributed by atoms with van der Waals surface area (Å²) in [5.74, 6) is 0.465. The number of hydrogen-bond acceptors (Lipinski definition) is 4. The third-order valence-electron chi connectivity index (χ3n) is 3.49. The highest BCUT2D eigenvalue weighted by atomic mass is 32.2. The first-order valence-corrected chi connectivity index (χ1v) is 7.79. The normalized spacial score (nSPS) is 21.2. The molecular formula is C14H17N3O2S. The van der Waals surface area contributed by atoms with E-state index in [9.17, 15) is 9.59 Å². The van der Waals surface area contributed by atoms with E-state index in [1.165, 1.54) is 11.8 Å². The smallest absolute Gasteiger partial charge is 0.234 e. The summed E-state index contributed by atoms with van der Waals surface area (Å²) in [6.45, 7) is 1.00. The van der Waals surface area contributed by atoms with Gasteiger partial charge in [0.2, 0.25) is 11.8 Å². The average molecular weight is 291 g/mol. The maximum absolute atomic E-state index is 12.0. The standard InChI is InChI=1S/C14H17N3O2S/c18-13(7-9-2-1-5-15-9)16-10-3-4-12-11(6-10)17-14(19)8-20-12/h3-4,6,9,15H,1-2,5,7-8H2,(H,16,18)(H,17,19). The van der Waals surface area contributed by atoms with Gasteiger partial charge in [-0.15, -0.1) is 11.8 Å². The van der Waals surface area contributed by atoms with Gasteiger partial charge in [0.15, 0.2) is 0 Å². The van der Waals surface area contributed by atoms with Crippen molar-refractivity contribution in [3.05, 3.63) is 18.2 Å². The molecule has 0 aliphatic carbocycles. The minimum Gasteiger partial charge on any atom is -0.326 e. The van der Waals surface area contributed by atoms with Crippen molar-refractivity contribution in [1.82, 2.24) is 5.32 Å². The van der Waals surface area contributed by atoms with Crippen molar-refractivity contribution in [1.29, 1.82) is 0 Å². The minimum atomic E-state index is 0.00105. The lowest BCUT2D eigenvalue weighted by molar-refractivity contribution is -0.116. The number of benzene rings is 1. The fraction of sp³-hybridized carbons (Fsp3) is 0.429. The first-order chi connectivity index (χ1) is 9.70. The van der Waals surface area contributed by atoms with Gasteiger partial charge in [-0.2, -0.15) is 0 Å². The van der Waals surface area contributed by atoms with Crippen molar-refractivity contribution in [2.45, 2.75) is 30.2 Å². The molecule has 0 spiro atoms. The number of rotatable bonds is 3. The lowest BCUT2D eigenvalue weighted by Crippen LogP contribution is -2.27.